The van der Waals surface area contributed by atoms with Crippen molar-refractivity contribution in [3.05, 3.63) is 66.7 Å². The predicted octanol–water partition coefficient (Wildman–Crippen LogP) is 2.14. The lowest BCUT2D eigenvalue weighted by Crippen LogP contribution is -2.30. The number of anilines is 1. The summed E-state index contributed by atoms with van der Waals surface area (Å²) in [6, 6.07) is 13.6. The zero-order chi connectivity index (χ0) is 21.4. The summed E-state index contributed by atoms with van der Waals surface area (Å²) in [7, 11) is 0. The third-order valence-electron chi connectivity index (χ3n) is 5.46. The van der Waals surface area contributed by atoms with Gasteiger partial charge in [-0.05, 0) is 24.6 Å². The molecule has 3 aromatic heterocycles. The highest BCUT2D eigenvalue weighted by Crippen LogP contribution is 2.36. The second kappa shape index (κ2) is 8.03. The molecule has 0 radical (unpaired) electrons. The van der Waals surface area contributed by atoms with Crippen LogP contribution in [0.25, 0.3) is 22.3 Å². The Kier molecular flexibility index (Phi) is 5.06. The number of nitrogens with one attached hydrogen (secondary N) is 1. The molecule has 1 saturated heterocycles. The molecule has 158 valence electrons. The average Bonchev–Trinajstić information content (AvgIpc) is 3.32. The molecule has 1 aliphatic heterocycles. The number of aliphatic hydroxyl groups is 2. The van der Waals surface area contributed by atoms with Crippen molar-refractivity contribution in [2.75, 3.05) is 5.32 Å². The van der Waals surface area contributed by atoms with Crippen molar-refractivity contribution in [3.63, 3.8) is 0 Å². The molecule has 1 fully saturated rings. The van der Waals surface area contributed by atoms with Gasteiger partial charge in [-0.2, -0.15) is 5.10 Å². The third kappa shape index (κ3) is 3.52. The fourth-order valence-electron chi connectivity index (χ4n) is 3.80. The smallest absolute Gasteiger partial charge is 0.181 e. The third-order valence-corrected chi connectivity index (χ3v) is 5.46. The minimum Gasteiger partial charge on any atom is -0.388 e. The van der Waals surface area contributed by atoms with E-state index in [1.807, 2.05) is 42.5 Å². The molecule has 9 nitrogen and oxygen atoms in total. The molecule has 5 rings (SSSR count). The molecule has 0 bridgehead atoms. The highest BCUT2D eigenvalue weighted by atomic mass is 16.6. The van der Waals surface area contributed by atoms with E-state index in [1.54, 1.807) is 19.3 Å². The highest BCUT2D eigenvalue weighted by Gasteiger charge is 2.43. The fourth-order valence-corrected chi connectivity index (χ4v) is 3.80. The van der Waals surface area contributed by atoms with E-state index in [4.69, 9.17) is 9.84 Å². The summed E-state index contributed by atoms with van der Waals surface area (Å²) >= 11 is 0. The number of hydrogen-bond acceptors (Lipinski definition) is 8. The average molecular weight is 418 g/mol. The lowest BCUT2D eigenvalue weighted by atomic mass is 10.1. The van der Waals surface area contributed by atoms with Gasteiger partial charge >= 0.3 is 0 Å². The maximum Gasteiger partial charge on any atom is 0.181 e. The highest BCUT2D eigenvalue weighted by molar-refractivity contribution is 5.99. The first-order chi connectivity index (χ1) is 15.1. The van der Waals surface area contributed by atoms with Crippen molar-refractivity contribution in [1.82, 2.24) is 24.7 Å². The van der Waals surface area contributed by atoms with Gasteiger partial charge in [-0.3, -0.25) is 4.98 Å². The van der Waals surface area contributed by atoms with Crippen molar-refractivity contribution < 1.29 is 14.9 Å². The van der Waals surface area contributed by atoms with Crippen molar-refractivity contribution >= 4 is 16.9 Å². The summed E-state index contributed by atoms with van der Waals surface area (Å²) in [5.41, 5.74) is 3.12. The quantitative estimate of drug-likeness (QED) is 0.451. The van der Waals surface area contributed by atoms with Crippen LogP contribution in [0, 0.1) is 0 Å². The Balaban J connectivity index is 1.63. The Bertz CT molecular complexity index is 1180. The minimum atomic E-state index is -1.12. The standard InChI is InChI=1S/C22H22N6O3/c1-13-18(29)19(30)22(31-13)28-21-16(17(27-28)15-5-3-2-4-6-15)20(25-12-26-21)24-11-14-7-9-23-10-8-14/h2-10,12-13,18-19,22,29-30H,11H2,1H3,(H,24,25,26)/t13-,18+,19+,22-/m1/s1. The van der Waals surface area contributed by atoms with E-state index in [-0.39, 0.29) is 0 Å². The SMILES string of the molecule is C[C@H]1O[C@@H](n2nc(-c3ccccc3)c3c(NCc4ccncc4)ncnc32)[C@@H](O)[C@H]1O. The number of fused-ring (bicyclic) bond motifs is 1. The van der Waals surface area contributed by atoms with Gasteiger partial charge in [0, 0.05) is 24.5 Å². The normalized spacial score (nSPS) is 23.3. The first kappa shape index (κ1) is 19.6. The van der Waals surface area contributed by atoms with Crippen molar-refractivity contribution in [2.45, 2.75) is 38.0 Å². The summed E-state index contributed by atoms with van der Waals surface area (Å²) in [5.74, 6) is 0.619. The molecule has 4 atom stereocenters. The van der Waals surface area contributed by atoms with Crippen molar-refractivity contribution in [1.29, 1.82) is 0 Å². The Morgan fingerprint density at radius 3 is 2.52 bits per heavy atom. The van der Waals surface area contributed by atoms with Crippen LogP contribution in [0.4, 0.5) is 5.82 Å². The first-order valence-corrected chi connectivity index (χ1v) is 10.1. The van der Waals surface area contributed by atoms with E-state index < -0.39 is 24.5 Å². The number of hydrogen-bond donors (Lipinski definition) is 3. The van der Waals surface area contributed by atoms with E-state index in [0.717, 1.165) is 11.1 Å². The van der Waals surface area contributed by atoms with Crippen molar-refractivity contribution in [2.24, 2.45) is 0 Å². The summed E-state index contributed by atoms with van der Waals surface area (Å²) in [6.45, 7) is 2.26. The molecule has 1 aromatic carbocycles. The van der Waals surface area contributed by atoms with Crippen LogP contribution in [0.3, 0.4) is 0 Å². The van der Waals surface area contributed by atoms with Gasteiger partial charge in [0.05, 0.1) is 11.5 Å². The van der Waals surface area contributed by atoms with E-state index in [0.29, 0.717) is 29.1 Å². The van der Waals surface area contributed by atoms with Crippen LogP contribution in [0.5, 0.6) is 0 Å². The van der Waals surface area contributed by atoms with Gasteiger partial charge in [0.1, 0.15) is 30.0 Å². The zero-order valence-corrected chi connectivity index (χ0v) is 16.8. The van der Waals surface area contributed by atoms with Crippen LogP contribution in [0.2, 0.25) is 0 Å². The lowest BCUT2D eigenvalue weighted by molar-refractivity contribution is -0.0370. The van der Waals surface area contributed by atoms with Crippen LogP contribution in [-0.2, 0) is 11.3 Å². The summed E-state index contributed by atoms with van der Waals surface area (Å²) in [4.78, 5) is 12.9. The molecule has 4 heterocycles. The molecule has 0 aliphatic carbocycles. The van der Waals surface area contributed by atoms with Crippen LogP contribution < -0.4 is 5.32 Å². The molecule has 9 heteroatoms. The second-order valence-electron chi connectivity index (χ2n) is 7.50. The molecule has 0 amide bonds. The molecule has 0 unspecified atom stereocenters. The van der Waals surface area contributed by atoms with E-state index >= 15 is 0 Å². The second-order valence-corrected chi connectivity index (χ2v) is 7.50. The maximum atomic E-state index is 10.5. The predicted molar refractivity (Wildman–Crippen MR) is 114 cm³/mol. The van der Waals surface area contributed by atoms with Gasteiger partial charge in [0.15, 0.2) is 11.9 Å². The largest absolute Gasteiger partial charge is 0.388 e. The number of pyridine rings is 1. The van der Waals surface area contributed by atoms with Crippen LogP contribution >= 0.6 is 0 Å². The molecule has 4 aromatic rings. The molecule has 31 heavy (non-hydrogen) atoms. The number of benzene rings is 1. The van der Waals surface area contributed by atoms with Crippen LogP contribution in [0.1, 0.15) is 18.7 Å². The number of rotatable bonds is 5. The number of nitrogens with zero attached hydrogens (tertiary/aromatic N) is 5. The summed E-state index contributed by atoms with van der Waals surface area (Å²) < 4.78 is 7.35. The molecular weight excluding hydrogens is 396 g/mol. The number of aliphatic hydroxyl groups excluding tert-OH is 2. The zero-order valence-electron chi connectivity index (χ0n) is 16.8. The van der Waals surface area contributed by atoms with Gasteiger partial charge in [-0.1, -0.05) is 30.3 Å². The molecule has 3 N–H and O–H groups in total. The molecular formula is C22H22N6O3. The maximum absolute atomic E-state index is 10.5. The molecule has 1 aliphatic rings. The van der Waals surface area contributed by atoms with Gasteiger partial charge in [0.25, 0.3) is 0 Å². The first-order valence-electron chi connectivity index (χ1n) is 10.1. The number of aromatic nitrogens is 5. The lowest BCUT2D eigenvalue weighted by Gasteiger charge is -2.15. The Labute approximate surface area is 178 Å². The Hall–Kier alpha value is -3.40. The van der Waals surface area contributed by atoms with Crippen LogP contribution in [-0.4, -0.2) is 53.3 Å². The minimum absolute atomic E-state index is 0.511. The summed E-state index contributed by atoms with van der Waals surface area (Å²) in [5, 5.41) is 29.6. The summed E-state index contributed by atoms with van der Waals surface area (Å²) in [6.07, 6.45) is 1.43. The molecule has 0 spiro atoms. The fraction of sp³-hybridized carbons (Fsp3) is 0.273. The Morgan fingerprint density at radius 2 is 1.81 bits per heavy atom. The van der Waals surface area contributed by atoms with Gasteiger partial charge in [-0.25, -0.2) is 14.6 Å². The van der Waals surface area contributed by atoms with Crippen molar-refractivity contribution in [3.8, 4) is 11.3 Å². The van der Waals surface area contributed by atoms with E-state index in [1.165, 1.54) is 11.0 Å². The van der Waals surface area contributed by atoms with Crippen LogP contribution in [0.15, 0.2) is 61.2 Å². The van der Waals surface area contributed by atoms with E-state index in [9.17, 15) is 10.2 Å². The van der Waals surface area contributed by atoms with E-state index in [2.05, 4.69) is 20.3 Å². The topological polar surface area (TPSA) is 118 Å². The monoisotopic (exact) mass is 418 g/mol. The van der Waals surface area contributed by atoms with Gasteiger partial charge < -0.3 is 20.3 Å². The number of ether oxygens (including phenoxy) is 1. The van der Waals surface area contributed by atoms with Gasteiger partial charge in [0.2, 0.25) is 0 Å². The van der Waals surface area contributed by atoms with Gasteiger partial charge in [-0.15, -0.1) is 0 Å². The molecule has 0 saturated carbocycles. The Morgan fingerprint density at radius 1 is 1.03 bits per heavy atom.